The number of methoxy groups -OCH3 is 1. The van der Waals surface area contributed by atoms with Gasteiger partial charge in [0, 0.05) is 6.54 Å². The molecule has 30 heavy (non-hydrogen) atoms. The molecule has 156 valence electrons. The van der Waals surface area contributed by atoms with Gasteiger partial charge in [0.1, 0.15) is 17.3 Å². The maximum atomic E-state index is 12.6. The van der Waals surface area contributed by atoms with Gasteiger partial charge in [0.2, 0.25) is 6.79 Å². The molecule has 0 atom stereocenters. The second-order valence-corrected chi connectivity index (χ2v) is 8.56. The molecule has 3 aromatic rings. The molecule has 1 N–H and O–H groups in total. The highest BCUT2D eigenvalue weighted by Gasteiger charge is 2.20. The largest absolute Gasteiger partial charge is 0.497 e. The van der Waals surface area contributed by atoms with Crippen LogP contribution in [0.15, 0.2) is 63.9 Å². The van der Waals surface area contributed by atoms with Crippen LogP contribution in [-0.4, -0.2) is 28.2 Å². The smallest absolute Gasteiger partial charge is 0.287 e. The van der Waals surface area contributed by atoms with Crippen molar-refractivity contribution in [1.82, 2.24) is 5.32 Å². The molecular weight excluding hydrogens is 410 g/mol. The fourth-order valence-corrected chi connectivity index (χ4v) is 4.20. The summed E-state index contributed by atoms with van der Waals surface area (Å²) in [4.78, 5) is 12.5. The zero-order chi connectivity index (χ0) is 21.1. The van der Waals surface area contributed by atoms with Crippen LogP contribution >= 0.6 is 0 Å². The lowest BCUT2D eigenvalue weighted by Gasteiger charge is -2.05. The van der Waals surface area contributed by atoms with E-state index in [1.807, 2.05) is 6.07 Å². The van der Waals surface area contributed by atoms with Crippen molar-refractivity contribution in [1.29, 1.82) is 0 Å². The topological polar surface area (TPSA) is 104 Å². The van der Waals surface area contributed by atoms with Gasteiger partial charge in [-0.25, -0.2) is 8.42 Å². The first-order valence-electron chi connectivity index (χ1n) is 9.07. The Hall–Kier alpha value is -3.46. The average Bonchev–Trinajstić information content (AvgIpc) is 3.40. The van der Waals surface area contributed by atoms with Crippen LogP contribution in [0.5, 0.6) is 17.2 Å². The lowest BCUT2D eigenvalue weighted by atomic mass is 10.2. The predicted molar refractivity (Wildman–Crippen MR) is 106 cm³/mol. The van der Waals surface area contributed by atoms with Gasteiger partial charge in [0.25, 0.3) is 5.91 Å². The van der Waals surface area contributed by atoms with Gasteiger partial charge in [-0.2, -0.15) is 0 Å². The summed E-state index contributed by atoms with van der Waals surface area (Å²) in [5, 5.41) is 2.73. The first-order valence-corrected chi connectivity index (χ1v) is 10.7. The standard InChI is InChI=1S/C21H19NO7S/c1-26-15-3-6-17(7-4-15)30(24,25)12-16-5-9-19(29-16)21(23)22-11-14-2-8-18-20(10-14)28-13-27-18/h2-10H,11-13H2,1H3,(H,22,23). The maximum absolute atomic E-state index is 12.6. The molecule has 0 saturated carbocycles. The van der Waals surface area contributed by atoms with Gasteiger partial charge in [-0.15, -0.1) is 0 Å². The number of amides is 1. The predicted octanol–water partition coefficient (Wildman–Crippen LogP) is 2.92. The molecule has 0 bridgehead atoms. The molecule has 8 nitrogen and oxygen atoms in total. The zero-order valence-electron chi connectivity index (χ0n) is 16.1. The van der Waals surface area contributed by atoms with E-state index in [9.17, 15) is 13.2 Å². The van der Waals surface area contributed by atoms with Crippen LogP contribution in [0.2, 0.25) is 0 Å². The van der Waals surface area contributed by atoms with Gasteiger partial charge in [0.15, 0.2) is 27.1 Å². The molecule has 1 amide bonds. The molecule has 0 aliphatic carbocycles. The highest BCUT2D eigenvalue weighted by Crippen LogP contribution is 2.32. The third-order valence-electron chi connectivity index (χ3n) is 4.53. The molecule has 2 aromatic carbocycles. The van der Waals surface area contributed by atoms with Gasteiger partial charge in [-0.05, 0) is 54.1 Å². The van der Waals surface area contributed by atoms with Gasteiger partial charge >= 0.3 is 0 Å². The molecule has 1 aromatic heterocycles. The van der Waals surface area contributed by atoms with Gasteiger partial charge in [-0.1, -0.05) is 6.07 Å². The van der Waals surface area contributed by atoms with E-state index in [0.29, 0.717) is 17.2 Å². The summed E-state index contributed by atoms with van der Waals surface area (Å²) in [6.45, 7) is 0.440. The van der Waals surface area contributed by atoms with E-state index in [2.05, 4.69) is 5.32 Å². The number of hydrogen-bond acceptors (Lipinski definition) is 7. The third-order valence-corrected chi connectivity index (χ3v) is 6.18. The molecule has 1 aliphatic heterocycles. The lowest BCUT2D eigenvalue weighted by molar-refractivity contribution is 0.0921. The van der Waals surface area contributed by atoms with E-state index in [1.165, 1.54) is 31.4 Å². The van der Waals surface area contributed by atoms with E-state index in [1.54, 1.807) is 24.3 Å². The van der Waals surface area contributed by atoms with Gasteiger partial charge in [-0.3, -0.25) is 4.79 Å². The van der Waals surface area contributed by atoms with E-state index in [4.69, 9.17) is 18.6 Å². The first kappa shape index (κ1) is 19.8. The number of benzene rings is 2. The number of carbonyl (C=O) groups excluding carboxylic acids is 1. The summed E-state index contributed by atoms with van der Waals surface area (Å²) in [5.41, 5.74) is 0.835. The summed E-state index contributed by atoms with van der Waals surface area (Å²) in [6, 6.07) is 14.4. The van der Waals surface area contributed by atoms with Crippen molar-refractivity contribution in [3.63, 3.8) is 0 Å². The van der Waals surface area contributed by atoms with Crippen LogP contribution in [0.4, 0.5) is 0 Å². The molecule has 0 spiro atoms. The number of rotatable bonds is 7. The first-order chi connectivity index (χ1) is 14.4. The number of ether oxygens (including phenoxy) is 3. The fourth-order valence-electron chi connectivity index (χ4n) is 2.95. The average molecular weight is 429 g/mol. The fraction of sp³-hybridized carbons (Fsp3) is 0.190. The molecule has 0 radical (unpaired) electrons. The van der Waals surface area contributed by atoms with Gasteiger partial charge in [0.05, 0.1) is 12.0 Å². The zero-order valence-corrected chi connectivity index (χ0v) is 16.9. The SMILES string of the molecule is COc1ccc(S(=O)(=O)Cc2ccc(C(=O)NCc3ccc4c(c3)OCO4)o2)cc1. The number of furan rings is 1. The van der Waals surface area contributed by atoms with E-state index in [-0.39, 0.29) is 35.5 Å². The van der Waals surface area contributed by atoms with Crippen LogP contribution < -0.4 is 19.5 Å². The van der Waals surface area contributed by atoms with Crippen molar-refractivity contribution in [2.24, 2.45) is 0 Å². The Morgan fingerprint density at radius 2 is 1.80 bits per heavy atom. The second kappa shape index (κ2) is 8.11. The number of sulfone groups is 1. The number of hydrogen-bond donors (Lipinski definition) is 1. The quantitative estimate of drug-likeness (QED) is 0.616. The van der Waals surface area contributed by atoms with Crippen molar-refractivity contribution in [2.75, 3.05) is 13.9 Å². The monoisotopic (exact) mass is 429 g/mol. The Kier molecular flexibility index (Phi) is 5.37. The van der Waals surface area contributed by atoms with E-state index < -0.39 is 15.7 Å². The van der Waals surface area contributed by atoms with Crippen molar-refractivity contribution >= 4 is 15.7 Å². The molecule has 9 heteroatoms. The van der Waals surface area contributed by atoms with Crippen molar-refractivity contribution in [3.05, 3.63) is 71.7 Å². The summed E-state index contributed by atoms with van der Waals surface area (Å²) < 4.78 is 46.2. The van der Waals surface area contributed by atoms with E-state index in [0.717, 1.165) is 5.56 Å². The van der Waals surface area contributed by atoms with Crippen molar-refractivity contribution in [3.8, 4) is 17.2 Å². The van der Waals surface area contributed by atoms with Crippen LogP contribution in [0, 0.1) is 0 Å². The molecule has 0 fully saturated rings. The Balaban J connectivity index is 1.38. The molecule has 2 heterocycles. The Labute approximate surface area is 173 Å². The number of carbonyl (C=O) groups is 1. The molecule has 0 unspecified atom stereocenters. The van der Waals surface area contributed by atoms with Crippen molar-refractivity contribution < 1.29 is 31.8 Å². The lowest BCUT2D eigenvalue weighted by Crippen LogP contribution is -2.22. The summed E-state index contributed by atoms with van der Waals surface area (Å²) >= 11 is 0. The van der Waals surface area contributed by atoms with Crippen LogP contribution in [-0.2, 0) is 22.1 Å². The maximum Gasteiger partial charge on any atom is 0.287 e. The minimum Gasteiger partial charge on any atom is -0.497 e. The normalized spacial score (nSPS) is 12.6. The van der Waals surface area contributed by atoms with Crippen LogP contribution in [0.3, 0.4) is 0 Å². The molecule has 1 aliphatic rings. The number of fused-ring (bicyclic) bond motifs is 1. The van der Waals surface area contributed by atoms with Crippen LogP contribution in [0.25, 0.3) is 0 Å². The second-order valence-electron chi connectivity index (χ2n) is 6.57. The molecule has 4 rings (SSSR count). The van der Waals surface area contributed by atoms with E-state index >= 15 is 0 Å². The van der Waals surface area contributed by atoms with Crippen molar-refractivity contribution in [2.45, 2.75) is 17.2 Å². The number of nitrogens with one attached hydrogen (secondary N) is 1. The minimum atomic E-state index is -3.62. The minimum absolute atomic E-state index is 0.0377. The Bertz CT molecular complexity index is 1170. The summed E-state index contributed by atoms with van der Waals surface area (Å²) in [5.74, 6) is 1.28. The Morgan fingerprint density at radius 1 is 1.03 bits per heavy atom. The Morgan fingerprint density at radius 3 is 2.57 bits per heavy atom. The van der Waals surface area contributed by atoms with Crippen LogP contribution in [0.1, 0.15) is 21.9 Å². The molecule has 0 saturated heterocycles. The van der Waals surface area contributed by atoms with Gasteiger partial charge < -0.3 is 23.9 Å². The summed E-state index contributed by atoms with van der Waals surface area (Å²) in [6.07, 6.45) is 0. The highest BCUT2D eigenvalue weighted by atomic mass is 32.2. The highest BCUT2D eigenvalue weighted by molar-refractivity contribution is 7.90. The molecular formula is C21H19NO7S. The third kappa shape index (κ3) is 4.25. The summed E-state index contributed by atoms with van der Waals surface area (Å²) in [7, 11) is -2.11.